The molecule has 1 amide bonds. The van der Waals surface area contributed by atoms with Crippen molar-refractivity contribution in [3.8, 4) is 0 Å². The summed E-state index contributed by atoms with van der Waals surface area (Å²) >= 11 is 5.66. The van der Waals surface area contributed by atoms with Gasteiger partial charge in [0.2, 0.25) is 0 Å². The van der Waals surface area contributed by atoms with Crippen LogP contribution in [-0.4, -0.2) is 18.5 Å². The number of hydrogen-bond acceptors (Lipinski definition) is 3. The van der Waals surface area contributed by atoms with Gasteiger partial charge in [-0.1, -0.05) is 17.7 Å². The number of nitrogens with one attached hydrogen (secondary N) is 1. The third kappa shape index (κ3) is 4.26. The molecular weight excluding hydrogens is 316 g/mol. The molecule has 4 nitrogen and oxygen atoms in total. The Labute approximate surface area is 129 Å². The number of esters is 1. The highest BCUT2D eigenvalue weighted by atomic mass is 35.5. The van der Waals surface area contributed by atoms with E-state index in [9.17, 15) is 18.4 Å². The minimum absolute atomic E-state index is 0.164. The highest BCUT2D eigenvalue weighted by Gasteiger charge is 2.15. The van der Waals surface area contributed by atoms with Crippen molar-refractivity contribution < 1.29 is 23.1 Å². The highest BCUT2D eigenvalue weighted by molar-refractivity contribution is 6.30. The normalized spacial score (nSPS) is 10.1. The summed E-state index contributed by atoms with van der Waals surface area (Å²) in [4.78, 5) is 23.2. The largest absolute Gasteiger partial charge is 0.452 e. The molecule has 0 aliphatic rings. The SMILES string of the molecule is O=C(COC(=O)c1cc(Cl)ccc1F)Nc1cccc(F)c1. The van der Waals surface area contributed by atoms with E-state index in [1.807, 2.05) is 0 Å². The third-order valence-corrected chi connectivity index (χ3v) is 2.83. The lowest BCUT2D eigenvalue weighted by Crippen LogP contribution is -2.21. The summed E-state index contributed by atoms with van der Waals surface area (Å²) in [6.07, 6.45) is 0. The smallest absolute Gasteiger partial charge is 0.341 e. The van der Waals surface area contributed by atoms with Gasteiger partial charge >= 0.3 is 5.97 Å². The van der Waals surface area contributed by atoms with Crippen molar-refractivity contribution in [3.63, 3.8) is 0 Å². The van der Waals surface area contributed by atoms with E-state index in [4.69, 9.17) is 11.6 Å². The summed E-state index contributed by atoms with van der Waals surface area (Å²) in [6.45, 7) is -0.638. The third-order valence-electron chi connectivity index (χ3n) is 2.59. The van der Waals surface area contributed by atoms with Gasteiger partial charge in [0, 0.05) is 10.7 Å². The fourth-order valence-corrected chi connectivity index (χ4v) is 1.80. The van der Waals surface area contributed by atoms with Crippen molar-refractivity contribution in [1.29, 1.82) is 0 Å². The summed E-state index contributed by atoms with van der Waals surface area (Å²) in [5.41, 5.74) is -0.152. The summed E-state index contributed by atoms with van der Waals surface area (Å²) in [6, 6.07) is 8.62. The summed E-state index contributed by atoms with van der Waals surface area (Å²) in [7, 11) is 0. The van der Waals surface area contributed by atoms with Crippen LogP contribution in [-0.2, 0) is 9.53 Å². The first-order valence-corrected chi connectivity index (χ1v) is 6.51. The zero-order valence-corrected chi connectivity index (χ0v) is 11.9. The quantitative estimate of drug-likeness (QED) is 0.876. The van der Waals surface area contributed by atoms with E-state index in [-0.39, 0.29) is 16.3 Å². The molecule has 0 aliphatic carbocycles. The van der Waals surface area contributed by atoms with Crippen LogP contribution in [0.4, 0.5) is 14.5 Å². The Bertz CT molecular complexity index is 722. The Morgan fingerprint density at radius 1 is 1.14 bits per heavy atom. The monoisotopic (exact) mass is 325 g/mol. The Morgan fingerprint density at radius 2 is 1.91 bits per heavy atom. The van der Waals surface area contributed by atoms with Crippen molar-refractivity contribution in [2.45, 2.75) is 0 Å². The zero-order chi connectivity index (χ0) is 16.1. The first-order chi connectivity index (χ1) is 10.5. The second-order valence-corrected chi connectivity index (χ2v) is 4.70. The molecule has 2 aromatic carbocycles. The van der Waals surface area contributed by atoms with Crippen LogP contribution in [0.25, 0.3) is 0 Å². The molecule has 2 aromatic rings. The molecule has 22 heavy (non-hydrogen) atoms. The first-order valence-electron chi connectivity index (χ1n) is 6.13. The summed E-state index contributed by atoms with van der Waals surface area (Å²) < 4.78 is 31.1. The number of ether oxygens (including phenoxy) is 1. The molecule has 0 saturated carbocycles. The molecule has 1 N–H and O–H groups in total. The molecular formula is C15H10ClF2NO3. The minimum atomic E-state index is -1.02. The molecule has 0 aromatic heterocycles. The van der Waals surface area contributed by atoms with E-state index < -0.39 is 30.1 Å². The van der Waals surface area contributed by atoms with Crippen molar-refractivity contribution in [2.75, 3.05) is 11.9 Å². The zero-order valence-electron chi connectivity index (χ0n) is 11.1. The standard InChI is InChI=1S/C15H10ClF2NO3/c16-9-4-5-13(18)12(6-9)15(21)22-8-14(20)19-11-3-1-2-10(17)7-11/h1-7H,8H2,(H,19,20). The maximum atomic E-state index is 13.4. The van der Waals surface area contributed by atoms with Gasteiger partial charge in [0.1, 0.15) is 11.6 Å². The molecule has 0 aliphatic heterocycles. The molecule has 2 rings (SSSR count). The van der Waals surface area contributed by atoms with Crippen LogP contribution in [0.1, 0.15) is 10.4 Å². The maximum Gasteiger partial charge on any atom is 0.341 e. The predicted molar refractivity (Wildman–Crippen MR) is 76.7 cm³/mol. The van der Waals surface area contributed by atoms with Gasteiger partial charge in [-0.2, -0.15) is 0 Å². The van der Waals surface area contributed by atoms with Crippen LogP contribution in [0.5, 0.6) is 0 Å². The molecule has 0 radical (unpaired) electrons. The van der Waals surface area contributed by atoms with Crippen molar-refractivity contribution in [3.05, 3.63) is 64.7 Å². The number of anilines is 1. The number of carbonyl (C=O) groups excluding carboxylic acids is 2. The van der Waals surface area contributed by atoms with E-state index in [0.29, 0.717) is 0 Å². The van der Waals surface area contributed by atoms with Gasteiger partial charge < -0.3 is 10.1 Å². The number of rotatable bonds is 4. The number of carbonyl (C=O) groups is 2. The second-order valence-electron chi connectivity index (χ2n) is 4.26. The number of benzene rings is 2. The Balaban J connectivity index is 1.93. The van der Waals surface area contributed by atoms with Crippen LogP contribution in [0.3, 0.4) is 0 Å². The molecule has 0 fully saturated rings. The molecule has 114 valence electrons. The Kier molecular flexibility index (Phi) is 5.06. The van der Waals surface area contributed by atoms with E-state index in [2.05, 4.69) is 10.1 Å². The van der Waals surface area contributed by atoms with E-state index in [0.717, 1.165) is 18.2 Å². The predicted octanol–water partition coefficient (Wildman–Crippen LogP) is 3.41. The molecule has 7 heteroatoms. The van der Waals surface area contributed by atoms with E-state index in [1.165, 1.54) is 24.3 Å². The molecule has 0 bridgehead atoms. The topological polar surface area (TPSA) is 55.4 Å². The average molecular weight is 326 g/mol. The number of hydrogen-bond donors (Lipinski definition) is 1. The minimum Gasteiger partial charge on any atom is -0.452 e. The van der Waals surface area contributed by atoms with Gasteiger partial charge in [-0.05, 0) is 36.4 Å². The van der Waals surface area contributed by atoms with Gasteiger partial charge in [0.15, 0.2) is 6.61 Å². The number of amides is 1. The van der Waals surface area contributed by atoms with Gasteiger partial charge in [-0.25, -0.2) is 13.6 Å². The van der Waals surface area contributed by atoms with Gasteiger partial charge in [0.25, 0.3) is 5.91 Å². The molecule has 0 atom stereocenters. The summed E-state index contributed by atoms with van der Waals surface area (Å²) in [5, 5.41) is 2.50. The number of halogens is 3. The fourth-order valence-electron chi connectivity index (χ4n) is 1.63. The van der Waals surface area contributed by atoms with E-state index in [1.54, 1.807) is 0 Å². The average Bonchev–Trinajstić information content (AvgIpc) is 2.47. The second kappa shape index (κ2) is 7.00. The first kappa shape index (κ1) is 15.9. The molecule has 0 heterocycles. The molecule has 0 saturated heterocycles. The van der Waals surface area contributed by atoms with E-state index >= 15 is 0 Å². The van der Waals surface area contributed by atoms with Crippen LogP contribution in [0, 0.1) is 11.6 Å². The van der Waals surface area contributed by atoms with Crippen molar-refractivity contribution in [2.24, 2.45) is 0 Å². The fraction of sp³-hybridized carbons (Fsp3) is 0.0667. The Hall–Kier alpha value is -2.47. The highest BCUT2D eigenvalue weighted by Crippen LogP contribution is 2.16. The van der Waals surface area contributed by atoms with Crippen LogP contribution < -0.4 is 5.32 Å². The van der Waals surface area contributed by atoms with Gasteiger partial charge in [0.05, 0.1) is 5.56 Å². The van der Waals surface area contributed by atoms with Gasteiger partial charge in [-0.15, -0.1) is 0 Å². The van der Waals surface area contributed by atoms with Crippen LogP contribution in [0.15, 0.2) is 42.5 Å². The van der Waals surface area contributed by atoms with Crippen molar-refractivity contribution >= 4 is 29.2 Å². The lowest BCUT2D eigenvalue weighted by Gasteiger charge is -2.07. The lowest BCUT2D eigenvalue weighted by atomic mass is 10.2. The van der Waals surface area contributed by atoms with Crippen molar-refractivity contribution in [1.82, 2.24) is 0 Å². The Morgan fingerprint density at radius 3 is 2.64 bits per heavy atom. The maximum absolute atomic E-state index is 13.4. The van der Waals surface area contributed by atoms with Crippen LogP contribution >= 0.6 is 11.6 Å². The lowest BCUT2D eigenvalue weighted by molar-refractivity contribution is -0.119. The van der Waals surface area contributed by atoms with Gasteiger partial charge in [-0.3, -0.25) is 4.79 Å². The summed E-state index contributed by atoms with van der Waals surface area (Å²) in [5.74, 6) is -3.02. The molecule has 0 unspecified atom stereocenters. The van der Waals surface area contributed by atoms with Crippen LogP contribution in [0.2, 0.25) is 5.02 Å². The molecule has 0 spiro atoms.